The molecule has 1 aromatic carbocycles. The number of hydrogen-bond acceptors (Lipinski definition) is 5. The van der Waals surface area contributed by atoms with Gasteiger partial charge < -0.3 is 15.4 Å². The molecule has 19 heavy (non-hydrogen) atoms. The lowest BCUT2D eigenvalue weighted by Crippen LogP contribution is -2.29. The fourth-order valence-corrected chi connectivity index (χ4v) is 2.16. The highest BCUT2D eigenvalue weighted by molar-refractivity contribution is 7.90. The van der Waals surface area contributed by atoms with Gasteiger partial charge in [-0.2, -0.15) is 0 Å². The van der Waals surface area contributed by atoms with Crippen molar-refractivity contribution in [3.8, 4) is 5.75 Å². The highest BCUT2D eigenvalue weighted by Gasteiger charge is 2.05. The van der Waals surface area contributed by atoms with Crippen LogP contribution in [0.4, 0.5) is 0 Å². The molecule has 5 nitrogen and oxygen atoms in total. The predicted molar refractivity (Wildman–Crippen MR) is 77.0 cm³/mol. The summed E-state index contributed by atoms with van der Waals surface area (Å²) < 4.78 is 27.7. The van der Waals surface area contributed by atoms with Crippen LogP contribution in [0, 0.1) is 0 Å². The Bertz CT molecular complexity index is 488. The Morgan fingerprint density at radius 1 is 1.32 bits per heavy atom. The molecule has 0 saturated carbocycles. The van der Waals surface area contributed by atoms with Crippen LogP contribution in [-0.4, -0.2) is 52.1 Å². The first kappa shape index (κ1) is 15.9. The molecule has 0 saturated heterocycles. The van der Waals surface area contributed by atoms with E-state index in [9.17, 15) is 8.42 Å². The number of rotatable bonds is 8. The summed E-state index contributed by atoms with van der Waals surface area (Å²) in [5.74, 6) is 0.964. The maximum atomic E-state index is 11.0. The van der Waals surface area contributed by atoms with Crippen LogP contribution in [0.5, 0.6) is 5.75 Å². The van der Waals surface area contributed by atoms with E-state index >= 15 is 0 Å². The molecular formula is C13H22N2O3S. The van der Waals surface area contributed by atoms with E-state index in [0.717, 1.165) is 11.3 Å². The highest BCUT2D eigenvalue weighted by Crippen LogP contribution is 2.12. The zero-order valence-corrected chi connectivity index (χ0v) is 12.3. The Morgan fingerprint density at radius 3 is 2.68 bits per heavy atom. The summed E-state index contributed by atoms with van der Waals surface area (Å²) in [6.07, 6.45) is 1.25. The molecule has 0 aliphatic rings. The summed E-state index contributed by atoms with van der Waals surface area (Å²) in [4.78, 5) is 1.94. The summed E-state index contributed by atoms with van der Waals surface area (Å²) in [5.41, 5.74) is 6.59. The van der Waals surface area contributed by atoms with E-state index in [1.807, 2.05) is 36.2 Å². The number of benzene rings is 1. The van der Waals surface area contributed by atoms with E-state index < -0.39 is 9.84 Å². The van der Waals surface area contributed by atoms with Crippen molar-refractivity contribution in [2.75, 3.05) is 38.8 Å². The van der Waals surface area contributed by atoms with Crippen molar-refractivity contribution >= 4 is 9.84 Å². The summed E-state index contributed by atoms with van der Waals surface area (Å²) >= 11 is 0. The fourth-order valence-electron chi connectivity index (χ4n) is 1.52. The smallest absolute Gasteiger partial charge is 0.148 e. The first-order valence-electron chi connectivity index (χ1n) is 6.19. The van der Waals surface area contributed by atoms with E-state index in [1.165, 1.54) is 6.26 Å². The minimum Gasteiger partial charge on any atom is -0.492 e. The van der Waals surface area contributed by atoms with Crippen LogP contribution in [-0.2, 0) is 16.4 Å². The molecule has 0 spiro atoms. The molecule has 0 fully saturated rings. The third-order valence-electron chi connectivity index (χ3n) is 2.72. The third kappa shape index (κ3) is 7.15. The van der Waals surface area contributed by atoms with Crippen molar-refractivity contribution in [1.82, 2.24) is 4.90 Å². The summed E-state index contributed by atoms with van der Waals surface area (Å²) in [6, 6.07) is 7.65. The molecule has 0 atom stereocenters. The molecule has 2 N–H and O–H groups in total. The summed E-state index contributed by atoms with van der Waals surface area (Å²) in [7, 11) is -1.02. The summed E-state index contributed by atoms with van der Waals surface area (Å²) in [5, 5.41) is 0. The minimum atomic E-state index is -2.90. The van der Waals surface area contributed by atoms with E-state index in [0.29, 0.717) is 26.2 Å². The lowest BCUT2D eigenvalue weighted by Gasteiger charge is -2.16. The molecule has 0 heterocycles. The van der Waals surface area contributed by atoms with Gasteiger partial charge in [-0.15, -0.1) is 0 Å². The second-order valence-electron chi connectivity index (χ2n) is 4.63. The third-order valence-corrected chi connectivity index (χ3v) is 3.64. The first-order valence-corrected chi connectivity index (χ1v) is 8.25. The van der Waals surface area contributed by atoms with Gasteiger partial charge >= 0.3 is 0 Å². The van der Waals surface area contributed by atoms with Crippen molar-refractivity contribution < 1.29 is 13.2 Å². The maximum absolute atomic E-state index is 11.0. The molecule has 108 valence electrons. The predicted octanol–water partition coefficient (Wildman–Crippen LogP) is 0.501. The van der Waals surface area contributed by atoms with Crippen LogP contribution < -0.4 is 10.5 Å². The highest BCUT2D eigenvalue weighted by atomic mass is 32.2. The van der Waals surface area contributed by atoms with Gasteiger partial charge in [0.2, 0.25) is 0 Å². The standard InChI is InChI=1S/C13H22N2O3S/c1-15(7-9-19(2,16)17)6-8-18-13-5-3-4-12(10-13)11-14/h3-5,10H,6-9,11,14H2,1-2H3. The van der Waals surface area contributed by atoms with E-state index in [2.05, 4.69) is 0 Å². The van der Waals surface area contributed by atoms with Crippen molar-refractivity contribution in [1.29, 1.82) is 0 Å². The molecule has 0 aliphatic carbocycles. The van der Waals surface area contributed by atoms with Gasteiger partial charge in [-0.05, 0) is 24.7 Å². The molecule has 0 unspecified atom stereocenters. The minimum absolute atomic E-state index is 0.173. The number of ether oxygens (including phenoxy) is 1. The van der Waals surface area contributed by atoms with Gasteiger partial charge in [0.15, 0.2) is 0 Å². The zero-order chi connectivity index (χ0) is 14.3. The largest absolute Gasteiger partial charge is 0.492 e. The molecule has 6 heteroatoms. The topological polar surface area (TPSA) is 72.6 Å². The number of nitrogens with two attached hydrogens (primary N) is 1. The quantitative estimate of drug-likeness (QED) is 0.753. The van der Waals surface area contributed by atoms with Crippen molar-refractivity contribution in [2.24, 2.45) is 5.73 Å². The normalized spacial score (nSPS) is 11.8. The van der Waals surface area contributed by atoms with Crippen LogP contribution >= 0.6 is 0 Å². The Kier molecular flexibility index (Phi) is 6.27. The van der Waals surface area contributed by atoms with E-state index in [4.69, 9.17) is 10.5 Å². The van der Waals surface area contributed by atoms with Gasteiger partial charge in [0.05, 0.1) is 5.75 Å². The molecule has 1 aromatic rings. The number of hydrogen-bond donors (Lipinski definition) is 1. The molecular weight excluding hydrogens is 264 g/mol. The molecule has 0 radical (unpaired) electrons. The Balaban J connectivity index is 2.29. The Hall–Kier alpha value is -1.11. The molecule has 0 amide bonds. The monoisotopic (exact) mass is 286 g/mol. The van der Waals surface area contributed by atoms with Crippen molar-refractivity contribution in [2.45, 2.75) is 6.54 Å². The number of nitrogens with zero attached hydrogens (tertiary/aromatic N) is 1. The van der Waals surface area contributed by atoms with Crippen LogP contribution in [0.15, 0.2) is 24.3 Å². The maximum Gasteiger partial charge on any atom is 0.148 e. The fraction of sp³-hybridized carbons (Fsp3) is 0.538. The van der Waals surface area contributed by atoms with Gasteiger partial charge in [-0.1, -0.05) is 12.1 Å². The molecule has 0 bridgehead atoms. The van der Waals surface area contributed by atoms with Gasteiger partial charge in [-0.25, -0.2) is 8.42 Å². The molecule has 0 aliphatic heterocycles. The van der Waals surface area contributed by atoms with Gasteiger partial charge in [0, 0.05) is 25.9 Å². The van der Waals surface area contributed by atoms with Crippen molar-refractivity contribution in [3.05, 3.63) is 29.8 Å². The SMILES string of the molecule is CN(CCOc1cccc(CN)c1)CCS(C)(=O)=O. The average molecular weight is 286 g/mol. The first-order chi connectivity index (χ1) is 8.90. The number of likely N-dealkylation sites (N-methyl/N-ethyl adjacent to an activating group) is 1. The lowest BCUT2D eigenvalue weighted by molar-refractivity contribution is 0.244. The van der Waals surface area contributed by atoms with Gasteiger partial charge in [0.25, 0.3) is 0 Å². The zero-order valence-electron chi connectivity index (χ0n) is 11.5. The Morgan fingerprint density at radius 2 is 2.05 bits per heavy atom. The van der Waals surface area contributed by atoms with E-state index in [-0.39, 0.29) is 5.75 Å². The van der Waals surface area contributed by atoms with E-state index in [1.54, 1.807) is 0 Å². The van der Waals surface area contributed by atoms with Crippen LogP contribution in [0.1, 0.15) is 5.56 Å². The molecule has 0 aromatic heterocycles. The van der Waals surface area contributed by atoms with Gasteiger partial charge in [0.1, 0.15) is 22.2 Å². The van der Waals surface area contributed by atoms with Crippen LogP contribution in [0.3, 0.4) is 0 Å². The van der Waals surface area contributed by atoms with Gasteiger partial charge in [-0.3, -0.25) is 0 Å². The molecule has 1 rings (SSSR count). The number of sulfone groups is 1. The van der Waals surface area contributed by atoms with Crippen molar-refractivity contribution in [3.63, 3.8) is 0 Å². The van der Waals surface area contributed by atoms with Crippen LogP contribution in [0.2, 0.25) is 0 Å². The second-order valence-corrected chi connectivity index (χ2v) is 6.89. The Labute approximate surface area is 115 Å². The lowest BCUT2D eigenvalue weighted by atomic mass is 10.2. The van der Waals surface area contributed by atoms with Crippen LogP contribution in [0.25, 0.3) is 0 Å². The average Bonchev–Trinajstić information content (AvgIpc) is 2.36. The second kappa shape index (κ2) is 7.47. The summed E-state index contributed by atoms with van der Waals surface area (Å²) in [6.45, 7) is 2.22.